The van der Waals surface area contributed by atoms with Crippen molar-refractivity contribution >= 4 is 11.5 Å². The average Bonchev–Trinajstić information content (AvgIpc) is 2.74. The Labute approximate surface area is 105 Å². The first-order chi connectivity index (χ1) is 8.74. The maximum absolute atomic E-state index is 9.94. The molecular weight excluding hydrogens is 230 g/mol. The molecule has 0 amide bonds. The van der Waals surface area contributed by atoms with Crippen molar-refractivity contribution in [3.8, 4) is 0 Å². The van der Waals surface area contributed by atoms with Crippen LogP contribution in [0.5, 0.6) is 0 Å². The highest BCUT2D eigenvalue weighted by atomic mass is 16.3. The number of aryl methyl sites for hydroxylation is 1. The van der Waals surface area contributed by atoms with Crippen LogP contribution in [0.15, 0.2) is 12.1 Å². The molecule has 2 N–H and O–H groups in total. The Morgan fingerprint density at radius 2 is 2.11 bits per heavy atom. The van der Waals surface area contributed by atoms with Crippen molar-refractivity contribution in [1.29, 1.82) is 0 Å². The van der Waals surface area contributed by atoms with E-state index in [4.69, 9.17) is 0 Å². The number of aromatic nitrogens is 4. The minimum atomic E-state index is -0.279. The number of fused-ring (bicyclic) bond motifs is 1. The third-order valence-electron chi connectivity index (χ3n) is 3.48. The summed E-state index contributed by atoms with van der Waals surface area (Å²) in [6.45, 7) is 1.87. The molecule has 1 fully saturated rings. The zero-order valence-corrected chi connectivity index (χ0v) is 10.4. The van der Waals surface area contributed by atoms with E-state index < -0.39 is 0 Å². The highest BCUT2D eigenvalue weighted by Crippen LogP contribution is 2.21. The molecule has 2 aromatic heterocycles. The van der Waals surface area contributed by atoms with E-state index in [-0.39, 0.29) is 12.1 Å². The third-order valence-corrected chi connectivity index (χ3v) is 3.48. The lowest BCUT2D eigenvalue weighted by atomic mass is 9.93. The first-order valence-corrected chi connectivity index (χ1v) is 6.38. The number of aliphatic hydroxyl groups excluding tert-OH is 1. The van der Waals surface area contributed by atoms with Crippen molar-refractivity contribution < 1.29 is 5.11 Å². The Kier molecular flexibility index (Phi) is 2.87. The first kappa shape index (κ1) is 11.4. The van der Waals surface area contributed by atoms with Gasteiger partial charge in [0.2, 0.25) is 0 Å². The summed E-state index contributed by atoms with van der Waals surface area (Å²) in [5.41, 5.74) is 0.738. The van der Waals surface area contributed by atoms with Crippen LogP contribution in [0.1, 0.15) is 31.5 Å². The number of nitrogens with zero attached hydrogens (tertiary/aromatic N) is 4. The second-order valence-corrected chi connectivity index (χ2v) is 4.84. The molecule has 0 saturated heterocycles. The Bertz CT molecular complexity index is 552. The summed E-state index contributed by atoms with van der Waals surface area (Å²) in [6, 6.07) is 3.86. The fourth-order valence-electron chi connectivity index (χ4n) is 2.44. The summed E-state index contributed by atoms with van der Waals surface area (Å²) in [4.78, 5) is 0. The average molecular weight is 247 g/mol. The Morgan fingerprint density at radius 3 is 2.94 bits per heavy atom. The highest BCUT2D eigenvalue weighted by Gasteiger charge is 2.23. The van der Waals surface area contributed by atoms with E-state index in [9.17, 15) is 5.11 Å². The van der Waals surface area contributed by atoms with Crippen LogP contribution in [-0.2, 0) is 0 Å². The summed E-state index contributed by atoms with van der Waals surface area (Å²) in [7, 11) is 0. The van der Waals surface area contributed by atoms with E-state index in [1.165, 1.54) is 0 Å². The van der Waals surface area contributed by atoms with Crippen LogP contribution in [0.2, 0.25) is 0 Å². The van der Waals surface area contributed by atoms with Gasteiger partial charge in [-0.3, -0.25) is 0 Å². The zero-order chi connectivity index (χ0) is 12.5. The fraction of sp³-hybridized carbons (Fsp3) is 0.583. The van der Waals surface area contributed by atoms with Crippen molar-refractivity contribution in [2.45, 2.75) is 44.8 Å². The normalized spacial score (nSPS) is 24.3. The van der Waals surface area contributed by atoms with Gasteiger partial charge in [-0.15, -0.1) is 15.3 Å². The van der Waals surface area contributed by atoms with E-state index in [1.54, 1.807) is 4.52 Å². The molecule has 0 aliphatic heterocycles. The molecule has 0 spiro atoms. The van der Waals surface area contributed by atoms with Crippen molar-refractivity contribution in [1.82, 2.24) is 19.8 Å². The van der Waals surface area contributed by atoms with E-state index in [0.717, 1.165) is 43.0 Å². The molecule has 6 nitrogen and oxygen atoms in total. The lowest BCUT2D eigenvalue weighted by Gasteiger charge is -2.28. The number of nitrogens with one attached hydrogen (secondary N) is 1. The molecule has 0 unspecified atom stereocenters. The quantitative estimate of drug-likeness (QED) is 0.832. The molecule has 0 aromatic carbocycles. The van der Waals surface area contributed by atoms with Gasteiger partial charge in [0.1, 0.15) is 5.82 Å². The number of rotatable bonds is 2. The van der Waals surface area contributed by atoms with E-state index in [0.29, 0.717) is 0 Å². The molecule has 1 aliphatic rings. The maximum atomic E-state index is 9.94. The van der Waals surface area contributed by atoms with E-state index >= 15 is 0 Å². The summed E-state index contributed by atoms with van der Waals surface area (Å²) >= 11 is 0. The van der Waals surface area contributed by atoms with Gasteiger partial charge in [0.15, 0.2) is 11.5 Å². The van der Waals surface area contributed by atoms with Crippen LogP contribution >= 0.6 is 0 Å². The van der Waals surface area contributed by atoms with Gasteiger partial charge in [-0.1, -0.05) is 12.8 Å². The van der Waals surface area contributed by atoms with Crippen molar-refractivity contribution in [3.05, 3.63) is 18.0 Å². The smallest absolute Gasteiger partial charge is 0.178 e. The Morgan fingerprint density at radius 1 is 1.28 bits per heavy atom. The standard InChI is InChI=1S/C12H17N5O/c1-8-14-15-12-7-6-11(16-17(8)12)13-9-4-2-3-5-10(9)18/h6-7,9-10,18H,2-5H2,1H3,(H,13,16)/t9-,10-/m0/s1. The van der Waals surface area contributed by atoms with Gasteiger partial charge in [0, 0.05) is 0 Å². The summed E-state index contributed by atoms with van der Waals surface area (Å²) in [5, 5.41) is 25.6. The molecule has 6 heteroatoms. The molecule has 18 heavy (non-hydrogen) atoms. The first-order valence-electron chi connectivity index (χ1n) is 6.38. The number of hydrogen-bond acceptors (Lipinski definition) is 5. The lowest BCUT2D eigenvalue weighted by molar-refractivity contribution is 0.116. The molecule has 96 valence electrons. The summed E-state index contributed by atoms with van der Waals surface area (Å²) < 4.78 is 1.71. The van der Waals surface area contributed by atoms with Crippen LogP contribution in [0.3, 0.4) is 0 Å². The highest BCUT2D eigenvalue weighted by molar-refractivity contribution is 5.44. The van der Waals surface area contributed by atoms with Gasteiger partial charge in [-0.25, -0.2) is 0 Å². The molecular formula is C12H17N5O. The van der Waals surface area contributed by atoms with Crippen LogP contribution < -0.4 is 5.32 Å². The number of hydrogen-bond donors (Lipinski definition) is 2. The molecule has 1 aliphatic carbocycles. The zero-order valence-electron chi connectivity index (χ0n) is 10.4. The van der Waals surface area contributed by atoms with Crippen LogP contribution in [0.4, 0.5) is 5.82 Å². The van der Waals surface area contributed by atoms with Crippen molar-refractivity contribution in [3.63, 3.8) is 0 Å². The predicted octanol–water partition coefficient (Wildman–Crippen LogP) is 1.15. The Hall–Kier alpha value is -1.69. The third kappa shape index (κ3) is 2.03. The van der Waals surface area contributed by atoms with Crippen molar-refractivity contribution in [2.75, 3.05) is 5.32 Å². The van der Waals surface area contributed by atoms with Gasteiger partial charge >= 0.3 is 0 Å². The Balaban J connectivity index is 1.83. The second-order valence-electron chi connectivity index (χ2n) is 4.84. The molecule has 2 atom stereocenters. The molecule has 0 bridgehead atoms. The largest absolute Gasteiger partial charge is 0.391 e. The molecule has 0 radical (unpaired) electrons. The topological polar surface area (TPSA) is 75.3 Å². The number of aliphatic hydroxyl groups is 1. The summed E-state index contributed by atoms with van der Waals surface area (Å²) in [5.74, 6) is 1.52. The van der Waals surface area contributed by atoms with Crippen LogP contribution in [0, 0.1) is 6.92 Å². The molecule has 2 heterocycles. The fourth-order valence-corrected chi connectivity index (χ4v) is 2.44. The monoisotopic (exact) mass is 247 g/mol. The molecule has 2 aromatic rings. The summed E-state index contributed by atoms with van der Waals surface area (Å²) in [6.07, 6.45) is 3.84. The minimum Gasteiger partial charge on any atom is -0.391 e. The van der Waals surface area contributed by atoms with E-state index in [2.05, 4.69) is 20.6 Å². The molecule has 1 saturated carbocycles. The maximum Gasteiger partial charge on any atom is 0.178 e. The predicted molar refractivity (Wildman–Crippen MR) is 67.4 cm³/mol. The van der Waals surface area contributed by atoms with Gasteiger partial charge in [-0.2, -0.15) is 4.52 Å². The van der Waals surface area contributed by atoms with Gasteiger partial charge < -0.3 is 10.4 Å². The van der Waals surface area contributed by atoms with Gasteiger partial charge in [0.05, 0.1) is 12.1 Å². The SMILES string of the molecule is Cc1nnc2ccc(N[C@H]3CCCC[C@@H]3O)nn12. The van der Waals surface area contributed by atoms with Gasteiger partial charge in [-0.05, 0) is 31.9 Å². The van der Waals surface area contributed by atoms with Gasteiger partial charge in [0.25, 0.3) is 0 Å². The minimum absolute atomic E-state index is 0.0977. The number of anilines is 1. The van der Waals surface area contributed by atoms with Crippen LogP contribution in [-0.4, -0.2) is 37.1 Å². The van der Waals surface area contributed by atoms with Crippen LogP contribution in [0.25, 0.3) is 5.65 Å². The van der Waals surface area contributed by atoms with Crippen molar-refractivity contribution in [2.24, 2.45) is 0 Å². The van der Waals surface area contributed by atoms with E-state index in [1.807, 2.05) is 19.1 Å². The second kappa shape index (κ2) is 4.53. The molecule has 3 rings (SSSR count). The lowest BCUT2D eigenvalue weighted by Crippen LogP contribution is -2.36.